The average Bonchev–Trinajstić information content (AvgIpc) is 3.01. The monoisotopic (exact) mass is 511 g/mol. The van der Waals surface area contributed by atoms with E-state index >= 15 is 0 Å². The van der Waals surface area contributed by atoms with Crippen LogP contribution in [-0.2, 0) is 25.3 Å². The summed E-state index contributed by atoms with van der Waals surface area (Å²) in [6.45, 7) is 7.84. The zero-order valence-corrected chi connectivity index (χ0v) is 20.9. The summed E-state index contributed by atoms with van der Waals surface area (Å²) in [7, 11) is -4.09. The van der Waals surface area contributed by atoms with Gasteiger partial charge in [-0.25, -0.2) is 8.42 Å². The normalized spacial score (nSPS) is 24.4. The molecule has 0 radical (unpaired) electrons. The maximum absolute atomic E-state index is 13.2. The number of hydrogen-bond donors (Lipinski definition) is 1. The van der Waals surface area contributed by atoms with Gasteiger partial charge in [-0.15, -0.1) is 10.2 Å². The minimum Gasteiger partial charge on any atom is -0.399 e. The van der Waals surface area contributed by atoms with Crippen molar-refractivity contribution in [2.45, 2.75) is 86.9 Å². The van der Waals surface area contributed by atoms with E-state index in [1.807, 2.05) is 27.7 Å². The molecule has 2 aromatic rings. The van der Waals surface area contributed by atoms with Crippen LogP contribution in [0.4, 0.5) is 19.0 Å². The van der Waals surface area contributed by atoms with Crippen molar-refractivity contribution in [3.8, 4) is 0 Å². The Morgan fingerprint density at radius 3 is 1.97 bits per heavy atom. The minimum absolute atomic E-state index is 0.0850. The van der Waals surface area contributed by atoms with E-state index in [1.54, 1.807) is 24.3 Å². The fourth-order valence-electron chi connectivity index (χ4n) is 4.27. The van der Waals surface area contributed by atoms with Crippen LogP contribution in [-0.4, -0.2) is 48.2 Å². The third-order valence-corrected chi connectivity index (χ3v) is 9.43. The molecule has 7 nitrogen and oxygen atoms in total. The summed E-state index contributed by atoms with van der Waals surface area (Å²) in [5, 5.41) is 9.34. The van der Waals surface area contributed by atoms with Gasteiger partial charge in [0.2, 0.25) is 0 Å². The summed E-state index contributed by atoms with van der Waals surface area (Å²) in [6.07, 6.45) is -2.56. The molecule has 2 aliphatic rings. The highest BCUT2D eigenvalue weighted by molar-refractivity contribution is 7.92. The molecule has 1 N–H and O–H groups in total. The summed E-state index contributed by atoms with van der Waals surface area (Å²) in [5.74, 6) is 0.239. The van der Waals surface area contributed by atoms with Gasteiger partial charge in [-0.2, -0.15) is 13.2 Å². The Kier molecular flexibility index (Phi) is 6.69. The molecule has 12 heteroatoms. The molecular formula is C23H29BF3N3O4S. The predicted molar refractivity (Wildman–Crippen MR) is 126 cm³/mol. The lowest BCUT2D eigenvalue weighted by molar-refractivity contribution is -0.141. The first kappa shape index (κ1) is 25.9. The highest BCUT2D eigenvalue weighted by Gasteiger charge is 2.51. The fourth-order valence-corrected chi connectivity index (χ4v) is 6.07. The van der Waals surface area contributed by atoms with Crippen LogP contribution in [0.1, 0.15) is 59.1 Å². The van der Waals surface area contributed by atoms with Gasteiger partial charge >= 0.3 is 13.3 Å². The van der Waals surface area contributed by atoms with Crippen LogP contribution in [0.3, 0.4) is 0 Å². The summed E-state index contributed by atoms with van der Waals surface area (Å²) in [5.41, 5.74) is -1.27. The van der Waals surface area contributed by atoms with Crippen molar-refractivity contribution in [2.24, 2.45) is 0 Å². The van der Waals surface area contributed by atoms with E-state index in [9.17, 15) is 21.6 Å². The largest absolute Gasteiger partial charge is 0.494 e. The third kappa shape index (κ3) is 5.34. The molecule has 1 saturated heterocycles. The average molecular weight is 511 g/mol. The van der Waals surface area contributed by atoms with Crippen LogP contribution in [0.25, 0.3) is 0 Å². The molecule has 2 heterocycles. The molecule has 2 fully saturated rings. The molecule has 190 valence electrons. The third-order valence-electron chi connectivity index (χ3n) is 7.15. The van der Waals surface area contributed by atoms with E-state index in [0.29, 0.717) is 25.7 Å². The van der Waals surface area contributed by atoms with Crippen molar-refractivity contribution in [1.82, 2.24) is 10.2 Å². The number of alkyl halides is 3. The smallest absolute Gasteiger partial charge is 0.399 e. The van der Waals surface area contributed by atoms with Gasteiger partial charge < -0.3 is 14.6 Å². The maximum atomic E-state index is 13.2. The van der Waals surface area contributed by atoms with Gasteiger partial charge in [-0.05, 0) is 83.1 Å². The summed E-state index contributed by atoms with van der Waals surface area (Å²) < 4.78 is 76.4. The second kappa shape index (κ2) is 9.04. The number of halogens is 3. The van der Waals surface area contributed by atoms with Crippen LogP contribution >= 0.6 is 0 Å². The SMILES string of the molecule is CC1(C)OB(c2ccc(S(=O)(=O)[C@H]3CC[C@H](Nc4ccc(C(F)(F)F)nn4)CC3)cc2)OC1(C)C. The summed E-state index contributed by atoms with van der Waals surface area (Å²) in [6, 6.07) is 8.67. The van der Waals surface area contributed by atoms with Crippen LogP contribution < -0.4 is 10.8 Å². The predicted octanol–water partition coefficient (Wildman–Crippen LogP) is 3.99. The van der Waals surface area contributed by atoms with Crippen LogP contribution in [0.2, 0.25) is 0 Å². The van der Waals surface area contributed by atoms with Crippen LogP contribution in [0.15, 0.2) is 41.3 Å². The van der Waals surface area contributed by atoms with Gasteiger partial charge in [0.25, 0.3) is 0 Å². The van der Waals surface area contributed by atoms with E-state index in [0.717, 1.165) is 11.5 Å². The minimum atomic E-state index is -4.54. The molecular weight excluding hydrogens is 482 g/mol. The highest BCUT2D eigenvalue weighted by Crippen LogP contribution is 2.37. The molecule has 1 aromatic heterocycles. The number of anilines is 1. The number of aromatic nitrogens is 2. The van der Waals surface area contributed by atoms with E-state index in [-0.39, 0.29) is 16.8 Å². The number of nitrogens with zero attached hydrogens (tertiary/aromatic N) is 2. The van der Waals surface area contributed by atoms with Crippen LogP contribution in [0.5, 0.6) is 0 Å². The van der Waals surface area contributed by atoms with E-state index in [2.05, 4.69) is 15.5 Å². The number of nitrogens with one attached hydrogen (secondary N) is 1. The molecule has 0 bridgehead atoms. The second-order valence-electron chi connectivity index (χ2n) is 10.1. The first-order valence-electron chi connectivity index (χ1n) is 11.6. The Morgan fingerprint density at radius 2 is 1.49 bits per heavy atom. The van der Waals surface area contributed by atoms with E-state index < -0.39 is 45.3 Å². The van der Waals surface area contributed by atoms with Gasteiger partial charge in [0.05, 0.1) is 21.3 Å². The van der Waals surface area contributed by atoms with Crippen molar-refractivity contribution in [3.63, 3.8) is 0 Å². The number of rotatable bonds is 5. The van der Waals surface area contributed by atoms with Gasteiger partial charge in [0.1, 0.15) is 5.82 Å². The fraction of sp³-hybridized carbons (Fsp3) is 0.565. The molecule has 0 unspecified atom stereocenters. The molecule has 0 amide bonds. The first-order valence-corrected chi connectivity index (χ1v) is 13.1. The standard InChI is InChI=1S/C23H29BF3N3O4S/c1-21(2)22(3,4)34-24(33-21)15-5-9-17(10-6-15)35(31,32)18-11-7-16(8-12-18)28-20-14-13-19(29-30-20)23(25,26)27/h5-6,9-10,13-14,16,18H,7-8,11-12H2,1-4H3,(H,28,30)/t16-,18-. The zero-order valence-electron chi connectivity index (χ0n) is 20.1. The molecule has 1 aliphatic heterocycles. The Balaban J connectivity index is 1.36. The van der Waals surface area contributed by atoms with E-state index in [4.69, 9.17) is 9.31 Å². The van der Waals surface area contributed by atoms with Crippen molar-refractivity contribution < 1.29 is 30.9 Å². The summed E-state index contributed by atoms with van der Waals surface area (Å²) in [4.78, 5) is 0.253. The van der Waals surface area contributed by atoms with Crippen molar-refractivity contribution in [1.29, 1.82) is 0 Å². The van der Waals surface area contributed by atoms with Crippen molar-refractivity contribution >= 4 is 28.2 Å². The van der Waals surface area contributed by atoms with Crippen LogP contribution in [0, 0.1) is 0 Å². The topological polar surface area (TPSA) is 90.4 Å². The first-order chi connectivity index (χ1) is 16.2. The Hall–Kier alpha value is -2.18. The maximum Gasteiger partial charge on any atom is 0.494 e. The lowest BCUT2D eigenvalue weighted by atomic mass is 9.79. The molecule has 0 atom stereocenters. The van der Waals surface area contributed by atoms with Gasteiger partial charge in [-0.3, -0.25) is 0 Å². The molecule has 1 aromatic carbocycles. The van der Waals surface area contributed by atoms with Gasteiger partial charge in [0, 0.05) is 6.04 Å². The number of sulfone groups is 1. The lowest BCUT2D eigenvalue weighted by Crippen LogP contribution is -2.41. The van der Waals surface area contributed by atoms with Crippen molar-refractivity contribution in [3.05, 3.63) is 42.1 Å². The molecule has 1 saturated carbocycles. The van der Waals surface area contributed by atoms with Gasteiger partial charge in [0.15, 0.2) is 15.5 Å². The van der Waals surface area contributed by atoms with Gasteiger partial charge in [-0.1, -0.05) is 12.1 Å². The highest BCUT2D eigenvalue weighted by atomic mass is 32.2. The Labute approximate surface area is 203 Å². The quantitative estimate of drug-likeness (QED) is 0.608. The molecule has 35 heavy (non-hydrogen) atoms. The summed E-state index contributed by atoms with van der Waals surface area (Å²) >= 11 is 0. The van der Waals surface area contributed by atoms with E-state index in [1.165, 1.54) is 6.07 Å². The van der Waals surface area contributed by atoms with Crippen molar-refractivity contribution in [2.75, 3.05) is 5.32 Å². The Morgan fingerprint density at radius 1 is 0.914 bits per heavy atom. The molecule has 4 rings (SSSR count). The molecule has 1 aliphatic carbocycles. The Bertz CT molecular complexity index is 1130. The lowest BCUT2D eigenvalue weighted by Gasteiger charge is -2.32. The zero-order chi connectivity index (χ0) is 25.6. The number of benzene rings is 1. The second-order valence-corrected chi connectivity index (χ2v) is 12.3. The number of hydrogen-bond acceptors (Lipinski definition) is 7. The molecule has 0 spiro atoms.